The van der Waals surface area contributed by atoms with E-state index in [1.165, 1.54) is 14.0 Å². The summed E-state index contributed by atoms with van der Waals surface area (Å²) in [6.45, 7) is 2.91. The Kier molecular flexibility index (Phi) is 8.11. The highest BCUT2D eigenvalue weighted by Crippen LogP contribution is 2.37. The Hall–Kier alpha value is -4.16. The minimum Gasteiger partial charge on any atom is -0.497 e. The number of amides is 1. The number of alkyl halides is 3. The summed E-state index contributed by atoms with van der Waals surface area (Å²) in [7, 11) is 5.40. The summed E-state index contributed by atoms with van der Waals surface area (Å²) in [5.41, 5.74) is 1.34. The van der Waals surface area contributed by atoms with Gasteiger partial charge in [0.25, 0.3) is 5.91 Å². The van der Waals surface area contributed by atoms with Crippen molar-refractivity contribution in [1.82, 2.24) is 24.4 Å². The van der Waals surface area contributed by atoms with Gasteiger partial charge in [-0.15, -0.1) is 0 Å². The van der Waals surface area contributed by atoms with Crippen LogP contribution in [-0.4, -0.2) is 89.4 Å². The van der Waals surface area contributed by atoms with E-state index in [0.717, 1.165) is 17.4 Å². The Morgan fingerprint density at radius 1 is 1.10 bits per heavy atom. The number of hydrogen-bond donors (Lipinski definition) is 1. The van der Waals surface area contributed by atoms with Gasteiger partial charge in [0.15, 0.2) is 11.3 Å². The Bertz CT molecular complexity index is 1580. The first-order valence-electron chi connectivity index (χ1n) is 13.5. The number of fused-ring (bicyclic) bond motifs is 1. The summed E-state index contributed by atoms with van der Waals surface area (Å²) in [4.78, 5) is 23.9. The molecule has 0 spiro atoms. The van der Waals surface area contributed by atoms with Crippen LogP contribution in [0.3, 0.4) is 0 Å². The molecule has 42 heavy (non-hydrogen) atoms. The van der Waals surface area contributed by atoms with E-state index < -0.39 is 17.8 Å². The van der Waals surface area contributed by atoms with Crippen molar-refractivity contribution in [2.24, 2.45) is 0 Å². The van der Waals surface area contributed by atoms with Crippen LogP contribution in [0.1, 0.15) is 33.2 Å². The molecule has 2 aromatic heterocycles. The molecular weight excluding hydrogens is 549 g/mol. The van der Waals surface area contributed by atoms with Crippen molar-refractivity contribution in [3.05, 3.63) is 77.1 Å². The first-order valence-corrected chi connectivity index (χ1v) is 13.5. The molecule has 0 bridgehead atoms. The van der Waals surface area contributed by atoms with Crippen molar-refractivity contribution in [1.29, 1.82) is 0 Å². The van der Waals surface area contributed by atoms with Gasteiger partial charge in [0.1, 0.15) is 11.3 Å². The van der Waals surface area contributed by atoms with Gasteiger partial charge in [0.2, 0.25) is 0 Å². The number of halogens is 3. The van der Waals surface area contributed by atoms with Crippen LogP contribution in [-0.2, 0) is 6.18 Å². The van der Waals surface area contributed by atoms with Gasteiger partial charge in [0.05, 0.1) is 31.6 Å². The zero-order chi connectivity index (χ0) is 30.2. The number of carbonyl (C=O) groups is 1. The second-order valence-electron chi connectivity index (χ2n) is 10.5. The maximum atomic E-state index is 14.3. The molecule has 0 radical (unpaired) electrons. The first-order chi connectivity index (χ1) is 20.0. The number of hydrogen-bond acceptors (Lipinski definition) is 7. The van der Waals surface area contributed by atoms with Crippen molar-refractivity contribution < 1.29 is 27.8 Å². The Balaban J connectivity index is 1.43. The van der Waals surface area contributed by atoms with Crippen molar-refractivity contribution in [3.8, 4) is 17.0 Å². The fourth-order valence-electron chi connectivity index (χ4n) is 5.44. The van der Waals surface area contributed by atoms with Crippen LogP contribution in [0.2, 0.25) is 0 Å². The van der Waals surface area contributed by atoms with Crippen LogP contribution in [0, 0.1) is 6.92 Å². The smallest absolute Gasteiger partial charge is 0.433 e. The van der Waals surface area contributed by atoms with Crippen LogP contribution in [0.5, 0.6) is 5.75 Å². The number of aromatic nitrogens is 3. The summed E-state index contributed by atoms with van der Waals surface area (Å²) >= 11 is 0. The molecule has 1 fully saturated rings. The lowest BCUT2D eigenvalue weighted by Gasteiger charge is -2.39. The molecule has 9 nitrogen and oxygen atoms in total. The summed E-state index contributed by atoms with van der Waals surface area (Å²) in [6, 6.07) is 14.2. The van der Waals surface area contributed by atoms with Gasteiger partial charge in [-0.2, -0.15) is 18.3 Å². The van der Waals surface area contributed by atoms with Gasteiger partial charge in [-0.25, -0.2) is 9.50 Å². The molecule has 1 saturated heterocycles. The number of carbonyl (C=O) groups excluding carboxylic acids is 1. The molecule has 3 heterocycles. The molecule has 1 amide bonds. The van der Waals surface area contributed by atoms with Crippen molar-refractivity contribution in [3.63, 3.8) is 0 Å². The van der Waals surface area contributed by atoms with Crippen LogP contribution in [0.25, 0.3) is 16.9 Å². The molecule has 0 unspecified atom stereocenters. The lowest BCUT2D eigenvalue weighted by atomic mass is 10.0. The minimum absolute atomic E-state index is 0.00102. The monoisotopic (exact) mass is 582 g/mol. The van der Waals surface area contributed by atoms with Crippen LogP contribution in [0.4, 0.5) is 18.9 Å². The molecule has 222 valence electrons. The quantitative estimate of drug-likeness (QED) is 0.348. The average Bonchev–Trinajstić information content (AvgIpc) is 3.39. The maximum Gasteiger partial charge on any atom is 0.433 e. The Morgan fingerprint density at radius 3 is 2.38 bits per heavy atom. The normalized spacial score (nSPS) is 15.2. The molecule has 1 aliphatic rings. The predicted octanol–water partition coefficient (Wildman–Crippen LogP) is 4.29. The zero-order valence-electron chi connectivity index (χ0n) is 23.9. The third-order valence-electron chi connectivity index (χ3n) is 7.73. The summed E-state index contributed by atoms with van der Waals surface area (Å²) < 4.78 is 48.7. The van der Waals surface area contributed by atoms with Crippen molar-refractivity contribution in [2.45, 2.75) is 19.1 Å². The van der Waals surface area contributed by atoms with Crippen molar-refractivity contribution >= 4 is 17.2 Å². The SMILES string of the molecule is COc1ccc(-c2nc3c(C(=O)N4CCN([C@@H](CO)c5cccc(N(C)C)c5)CC4)cnn3c(C(F)(F)F)c2C)cc1. The highest BCUT2D eigenvalue weighted by atomic mass is 19.4. The van der Waals surface area contributed by atoms with Gasteiger partial charge in [-0.3, -0.25) is 9.69 Å². The second-order valence-corrected chi connectivity index (χ2v) is 10.5. The second kappa shape index (κ2) is 11.6. The molecule has 2 aromatic carbocycles. The van der Waals surface area contributed by atoms with E-state index in [1.54, 1.807) is 29.2 Å². The Morgan fingerprint density at radius 2 is 1.79 bits per heavy atom. The number of ether oxygens (including phenoxy) is 1. The summed E-state index contributed by atoms with van der Waals surface area (Å²) in [5, 5.41) is 14.2. The van der Waals surface area contributed by atoms with Crippen LogP contribution in [0.15, 0.2) is 54.7 Å². The number of anilines is 1. The minimum atomic E-state index is -4.73. The third-order valence-corrected chi connectivity index (χ3v) is 7.73. The number of aliphatic hydroxyl groups excluding tert-OH is 1. The molecule has 1 aliphatic heterocycles. The summed E-state index contributed by atoms with van der Waals surface area (Å²) in [5.74, 6) is 0.117. The number of methoxy groups -OCH3 is 1. The lowest BCUT2D eigenvalue weighted by Crippen LogP contribution is -2.50. The fourth-order valence-corrected chi connectivity index (χ4v) is 5.44. The van der Waals surface area contributed by atoms with Crippen LogP contribution >= 0.6 is 0 Å². The van der Waals surface area contributed by atoms with Gasteiger partial charge >= 0.3 is 6.18 Å². The molecule has 0 aliphatic carbocycles. The van der Waals surface area contributed by atoms with E-state index in [1.807, 2.05) is 43.3 Å². The van der Waals surface area contributed by atoms with Gasteiger partial charge in [0, 0.05) is 57.1 Å². The molecule has 5 rings (SSSR count). The van der Waals surface area contributed by atoms with Gasteiger partial charge < -0.3 is 19.6 Å². The summed E-state index contributed by atoms with van der Waals surface area (Å²) in [6.07, 6.45) is -3.57. The first kappa shape index (κ1) is 29.3. The van der Waals surface area contributed by atoms with E-state index in [-0.39, 0.29) is 35.1 Å². The van der Waals surface area contributed by atoms with Crippen molar-refractivity contribution in [2.75, 3.05) is 58.9 Å². The fraction of sp³-hybridized carbons (Fsp3) is 0.367. The molecule has 12 heteroatoms. The lowest BCUT2D eigenvalue weighted by molar-refractivity contribution is -0.143. The third kappa shape index (κ3) is 5.51. The standard InChI is InChI=1S/C30H33F3N6O3/c1-19-26(20-8-10-23(42-4)11-9-20)35-28-24(17-34-39(28)27(19)30(31,32)33)29(41)38-14-12-37(13-15-38)25(18-40)21-6-5-7-22(16-21)36(2)3/h5-11,16-17,25,40H,12-15,18H2,1-4H3/t25-/m0/s1. The number of aliphatic hydroxyl groups is 1. The highest BCUT2D eigenvalue weighted by molar-refractivity contribution is 6.00. The largest absolute Gasteiger partial charge is 0.497 e. The van der Waals surface area contributed by atoms with E-state index in [0.29, 0.717) is 42.0 Å². The van der Waals surface area contributed by atoms with Gasteiger partial charge in [-0.05, 0) is 48.9 Å². The predicted molar refractivity (Wildman–Crippen MR) is 153 cm³/mol. The number of piperazine rings is 1. The molecular formula is C30H33F3N6O3. The molecule has 0 saturated carbocycles. The highest BCUT2D eigenvalue weighted by Gasteiger charge is 2.39. The van der Waals surface area contributed by atoms with E-state index in [9.17, 15) is 23.1 Å². The number of nitrogens with zero attached hydrogens (tertiary/aromatic N) is 6. The molecule has 4 aromatic rings. The zero-order valence-corrected chi connectivity index (χ0v) is 23.9. The Labute approximate surface area is 241 Å². The molecule has 1 N–H and O–H groups in total. The van der Waals surface area contributed by atoms with E-state index in [2.05, 4.69) is 15.0 Å². The molecule has 1 atom stereocenters. The maximum absolute atomic E-state index is 14.3. The average molecular weight is 583 g/mol. The topological polar surface area (TPSA) is 86.4 Å². The van der Waals surface area contributed by atoms with E-state index in [4.69, 9.17) is 4.74 Å². The van der Waals surface area contributed by atoms with Crippen LogP contribution < -0.4 is 9.64 Å². The van der Waals surface area contributed by atoms with E-state index >= 15 is 0 Å². The number of rotatable bonds is 7. The van der Waals surface area contributed by atoms with Gasteiger partial charge in [-0.1, -0.05) is 12.1 Å². The number of benzene rings is 2.